The van der Waals surface area contributed by atoms with Gasteiger partial charge in [0, 0.05) is 19.3 Å². The number of carbonyl (C=O) groups is 1. The molecule has 3 heterocycles. The Bertz CT molecular complexity index is 1420. The average Bonchev–Trinajstić information content (AvgIpc) is 2.88. The molecule has 0 fully saturated rings. The first-order valence-electron chi connectivity index (χ1n) is 12.5. The molecule has 35 heavy (non-hydrogen) atoms. The van der Waals surface area contributed by atoms with Crippen LogP contribution < -0.4 is 16.4 Å². The highest BCUT2D eigenvalue weighted by Gasteiger charge is 2.17. The van der Waals surface area contributed by atoms with Crippen LogP contribution in [0, 0.1) is 5.41 Å². The summed E-state index contributed by atoms with van der Waals surface area (Å²) in [6.45, 7) is 3.19. The molecule has 0 spiro atoms. The van der Waals surface area contributed by atoms with Gasteiger partial charge in [-0.1, -0.05) is 75.4 Å². The molecule has 0 aliphatic carbocycles. The largest absolute Gasteiger partial charge is 0.352 e. The van der Waals surface area contributed by atoms with Crippen LogP contribution in [-0.2, 0) is 13.0 Å². The zero-order valence-corrected chi connectivity index (χ0v) is 20.3. The molecule has 0 bridgehead atoms. The lowest BCUT2D eigenvalue weighted by atomic mass is 10.1. The molecule has 1 aromatic carbocycles. The van der Waals surface area contributed by atoms with E-state index in [4.69, 9.17) is 10.4 Å². The van der Waals surface area contributed by atoms with Gasteiger partial charge in [0.05, 0.1) is 10.9 Å². The number of hydrogen-bond donors (Lipinski definition) is 2. The highest BCUT2D eigenvalue weighted by Crippen LogP contribution is 2.12. The number of aryl methyl sites for hydroxylation is 2. The number of carbonyl (C=O) groups excluding carboxylic acids is 1. The molecule has 1 amide bonds. The fourth-order valence-electron chi connectivity index (χ4n) is 4.37. The predicted molar refractivity (Wildman–Crippen MR) is 139 cm³/mol. The molecular weight excluding hydrogens is 438 g/mol. The summed E-state index contributed by atoms with van der Waals surface area (Å²) in [6, 6.07) is 16.9. The standard InChI is InChI=1S/C28H33N5O2/c1-2-3-4-5-6-11-17-30-27(34)22-20-23-26(31-24-15-10-12-18-32(24)28(23)35)33(25(22)29)19-16-21-13-8-7-9-14-21/h7-10,12-15,18,20,29H,2-6,11,16-17,19H2,1H3,(H,30,34). The highest BCUT2D eigenvalue weighted by molar-refractivity contribution is 5.96. The molecule has 0 radical (unpaired) electrons. The molecule has 2 N–H and O–H groups in total. The maximum atomic E-state index is 13.3. The lowest BCUT2D eigenvalue weighted by molar-refractivity contribution is 0.0950. The third-order valence-corrected chi connectivity index (χ3v) is 6.35. The second-order valence-electron chi connectivity index (χ2n) is 8.90. The molecule has 7 heteroatoms. The van der Waals surface area contributed by atoms with Gasteiger partial charge in [-0.2, -0.15) is 0 Å². The predicted octanol–water partition coefficient (Wildman–Crippen LogP) is 4.46. The third-order valence-electron chi connectivity index (χ3n) is 6.35. The van der Waals surface area contributed by atoms with E-state index in [1.165, 1.54) is 36.2 Å². The number of rotatable bonds is 11. The monoisotopic (exact) mass is 471 g/mol. The van der Waals surface area contributed by atoms with Gasteiger partial charge < -0.3 is 9.88 Å². The summed E-state index contributed by atoms with van der Waals surface area (Å²) in [7, 11) is 0. The van der Waals surface area contributed by atoms with Crippen molar-refractivity contribution in [3.8, 4) is 0 Å². The van der Waals surface area contributed by atoms with Gasteiger partial charge in [-0.05, 0) is 36.6 Å². The van der Waals surface area contributed by atoms with Crippen molar-refractivity contribution in [2.75, 3.05) is 6.54 Å². The van der Waals surface area contributed by atoms with E-state index < -0.39 is 0 Å². The van der Waals surface area contributed by atoms with Gasteiger partial charge in [0.25, 0.3) is 11.5 Å². The van der Waals surface area contributed by atoms with Crippen molar-refractivity contribution in [3.05, 3.63) is 87.8 Å². The molecule has 7 nitrogen and oxygen atoms in total. The molecule has 0 aliphatic rings. The molecule has 0 saturated heterocycles. The van der Waals surface area contributed by atoms with E-state index in [9.17, 15) is 9.59 Å². The first-order valence-corrected chi connectivity index (χ1v) is 12.5. The fourth-order valence-corrected chi connectivity index (χ4v) is 4.37. The normalized spacial score (nSPS) is 11.2. The summed E-state index contributed by atoms with van der Waals surface area (Å²) < 4.78 is 3.17. The Kier molecular flexibility index (Phi) is 8.08. The third kappa shape index (κ3) is 5.67. The number of benzene rings is 1. The maximum absolute atomic E-state index is 13.3. The quantitative estimate of drug-likeness (QED) is 0.250. The first kappa shape index (κ1) is 24.4. The van der Waals surface area contributed by atoms with Gasteiger partial charge in [-0.3, -0.25) is 19.4 Å². The minimum Gasteiger partial charge on any atom is -0.352 e. The van der Waals surface area contributed by atoms with Crippen molar-refractivity contribution in [3.63, 3.8) is 0 Å². The van der Waals surface area contributed by atoms with E-state index >= 15 is 0 Å². The van der Waals surface area contributed by atoms with Crippen molar-refractivity contribution >= 4 is 22.6 Å². The van der Waals surface area contributed by atoms with Gasteiger partial charge in [0.1, 0.15) is 16.8 Å². The van der Waals surface area contributed by atoms with Gasteiger partial charge in [-0.15, -0.1) is 0 Å². The van der Waals surface area contributed by atoms with E-state index in [0.29, 0.717) is 36.2 Å². The van der Waals surface area contributed by atoms with Crippen LogP contribution >= 0.6 is 0 Å². The summed E-state index contributed by atoms with van der Waals surface area (Å²) in [5.74, 6) is -0.323. The van der Waals surface area contributed by atoms with E-state index in [0.717, 1.165) is 18.4 Å². The van der Waals surface area contributed by atoms with Crippen LogP contribution in [0.2, 0.25) is 0 Å². The number of nitrogens with one attached hydrogen (secondary N) is 2. The Labute approximate surface area is 205 Å². The number of pyridine rings is 2. The summed E-state index contributed by atoms with van der Waals surface area (Å²) in [4.78, 5) is 31.1. The van der Waals surface area contributed by atoms with Crippen LogP contribution in [0.4, 0.5) is 0 Å². The molecule has 4 aromatic rings. The summed E-state index contributed by atoms with van der Waals surface area (Å²) in [5.41, 5.74) is 2.08. The highest BCUT2D eigenvalue weighted by atomic mass is 16.1. The second kappa shape index (κ2) is 11.6. The van der Waals surface area contributed by atoms with E-state index in [-0.39, 0.29) is 22.5 Å². The SMILES string of the molecule is CCCCCCCCNC(=O)c1cc2c(=O)n3ccccc3nc2n(CCc2ccccc2)c1=N. The second-order valence-corrected chi connectivity index (χ2v) is 8.90. The summed E-state index contributed by atoms with van der Waals surface area (Å²) >= 11 is 0. The lowest BCUT2D eigenvalue weighted by Crippen LogP contribution is -2.35. The Balaban J connectivity index is 1.66. The number of fused-ring (bicyclic) bond motifs is 2. The fraction of sp³-hybridized carbons (Fsp3) is 0.357. The molecular formula is C28H33N5O2. The number of hydrogen-bond acceptors (Lipinski definition) is 4. The van der Waals surface area contributed by atoms with Crippen LogP contribution in [0.3, 0.4) is 0 Å². The van der Waals surface area contributed by atoms with Crippen LogP contribution in [0.15, 0.2) is 65.6 Å². The van der Waals surface area contributed by atoms with Crippen LogP contribution in [0.25, 0.3) is 16.7 Å². The average molecular weight is 472 g/mol. The van der Waals surface area contributed by atoms with Gasteiger partial charge in [0.2, 0.25) is 0 Å². The molecule has 0 saturated carbocycles. The molecule has 0 atom stereocenters. The van der Waals surface area contributed by atoms with Crippen LogP contribution in [0.5, 0.6) is 0 Å². The number of unbranched alkanes of at least 4 members (excludes halogenated alkanes) is 5. The van der Waals surface area contributed by atoms with Gasteiger partial charge >= 0.3 is 0 Å². The van der Waals surface area contributed by atoms with Gasteiger partial charge in [0.15, 0.2) is 0 Å². The zero-order chi connectivity index (χ0) is 24.6. The van der Waals surface area contributed by atoms with E-state index in [1.807, 2.05) is 36.4 Å². The first-order chi connectivity index (χ1) is 17.1. The van der Waals surface area contributed by atoms with E-state index in [2.05, 4.69) is 12.2 Å². The number of aromatic nitrogens is 3. The Morgan fingerprint density at radius 3 is 2.54 bits per heavy atom. The van der Waals surface area contributed by atoms with Crippen molar-refractivity contribution < 1.29 is 4.79 Å². The Hall–Kier alpha value is -3.74. The van der Waals surface area contributed by atoms with Crippen molar-refractivity contribution in [2.24, 2.45) is 0 Å². The minimum absolute atomic E-state index is 0.0704. The van der Waals surface area contributed by atoms with Crippen LogP contribution in [-0.4, -0.2) is 26.4 Å². The molecule has 3 aromatic heterocycles. The van der Waals surface area contributed by atoms with Crippen molar-refractivity contribution in [1.29, 1.82) is 5.41 Å². The lowest BCUT2D eigenvalue weighted by Gasteiger charge is -2.15. The smallest absolute Gasteiger partial charge is 0.267 e. The maximum Gasteiger partial charge on any atom is 0.267 e. The van der Waals surface area contributed by atoms with E-state index in [1.54, 1.807) is 22.9 Å². The Morgan fingerprint density at radius 1 is 1.00 bits per heavy atom. The van der Waals surface area contributed by atoms with Crippen LogP contribution in [0.1, 0.15) is 61.4 Å². The van der Waals surface area contributed by atoms with Crippen molar-refractivity contribution in [2.45, 2.75) is 58.4 Å². The summed E-state index contributed by atoms with van der Waals surface area (Å²) in [6.07, 6.45) is 9.14. The Morgan fingerprint density at radius 2 is 1.74 bits per heavy atom. The topological polar surface area (TPSA) is 92.2 Å². The molecule has 0 unspecified atom stereocenters. The minimum atomic E-state index is -0.323. The summed E-state index contributed by atoms with van der Waals surface area (Å²) in [5, 5.41) is 12.1. The molecule has 182 valence electrons. The zero-order valence-electron chi connectivity index (χ0n) is 20.3. The number of amides is 1. The van der Waals surface area contributed by atoms with Crippen molar-refractivity contribution in [1.82, 2.24) is 19.3 Å². The number of nitrogens with zero attached hydrogens (tertiary/aromatic N) is 3. The molecule has 0 aliphatic heterocycles. The molecule has 4 rings (SSSR count). The van der Waals surface area contributed by atoms with Gasteiger partial charge in [-0.25, -0.2) is 4.98 Å².